The van der Waals surface area contributed by atoms with E-state index in [4.69, 9.17) is 19.5 Å². The van der Waals surface area contributed by atoms with Gasteiger partial charge in [0.25, 0.3) is 0 Å². The fourth-order valence-electron chi connectivity index (χ4n) is 4.14. The average molecular weight is 487 g/mol. The number of anilines is 3. The van der Waals surface area contributed by atoms with Gasteiger partial charge in [0.05, 0.1) is 24.4 Å². The summed E-state index contributed by atoms with van der Waals surface area (Å²) in [6.45, 7) is 4.96. The van der Waals surface area contributed by atoms with Crippen LogP contribution in [0.15, 0.2) is 35.1 Å². The molecule has 0 aromatic carbocycles. The number of ether oxygens (including phenoxy) is 1. The van der Waals surface area contributed by atoms with Crippen molar-refractivity contribution < 1.29 is 9.26 Å². The Labute approximate surface area is 207 Å². The van der Waals surface area contributed by atoms with E-state index in [0.717, 1.165) is 30.8 Å². The predicted molar refractivity (Wildman–Crippen MR) is 131 cm³/mol. The van der Waals surface area contributed by atoms with Crippen LogP contribution in [-0.4, -0.2) is 48.4 Å². The molecule has 0 bridgehead atoms. The summed E-state index contributed by atoms with van der Waals surface area (Å²) in [6.07, 6.45) is 6.15. The number of rotatable bonds is 9. The van der Waals surface area contributed by atoms with Gasteiger partial charge in [-0.2, -0.15) is 20.3 Å². The Kier molecular flexibility index (Phi) is 6.70. The molecule has 4 aromatic rings. The maximum absolute atomic E-state index is 8.81. The standard InChI is InChI=1S/C24H26N10O2/c1-15-12-21(32-31-15)28-20-14-22(35-11-4-3-7-25)30-24(29-20)34-10-5-6-18(34)19-13-17(33-36-19)23-16(2)26-8-9-27-23/h8-9,12-14,18H,3-6,10-11H2,1-2H3,(H2,28,29,30,31,32)/t18-/m0/s1. The lowest BCUT2D eigenvalue weighted by atomic mass is 10.1. The molecule has 1 aliphatic rings. The van der Waals surface area contributed by atoms with Crippen LogP contribution in [0, 0.1) is 25.2 Å². The molecule has 1 saturated heterocycles. The Morgan fingerprint density at radius 2 is 2.08 bits per heavy atom. The SMILES string of the molecule is Cc1cc(Nc2cc(OCCCC#N)nc(N3CCC[C@H]3c3cc(-c4nccnc4C)no3)n2)n[nH]1. The Balaban J connectivity index is 1.42. The number of hydrogen-bond donors (Lipinski definition) is 2. The highest BCUT2D eigenvalue weighted by Gasteiger charge is 2.32. The first-order valence-electron chi connectivity index (χ1n) is 11.8. The van der Waals surface area contributed by atoms with Crippen molar-refractivity contribution in [3.8, 4) is 23.3 Å². The summed E-state index contributed by atoms with van der Waals surface area (Å²) in [4.78, 5) is 20.2. The lowest BCUT2D eigenvalue weighted by Crippen LogP contribution is -2.25. The summed E-state index contributed by atoms with van der Waals surface area (Å²) in [6, 6.07) is 7.57. The van der Waals surface area contributed by atoms with Gasteiger partial charge in [-0.25, -0.2) is 0 Å². The average Bonchev–Trinajstić information content (AvgIpc) is 3.63. The maximum atomic E-state index is 8.81. The Morgan fingerprint density at radius 1 is 1.19 bits per heavy atom. The minimum atomic E-state index is -0.0856. The van der Waals surface area contributed by atoms with E-state index in [2.05, 4.69) is 46.6 Å². The molecule has 4 aromatic heterocycles. The summed E-state index contributed by atoms with van der Waals surface area (Å²) < 4.78 is 11.6. The molecule has 12 heteroatoms. The van der Waals surface area contributed by atoms with Crippen LogP contribution in [0.4, 0.5) is 17.6 Å². The van der Waals surface area contributed by atoms with E-state index in [0.29, 0.717) is 60.1 Å². The largest absolute Gasteiger partial charge is 0.477 e. The molecular formula is C24H26N10O2. The lowest BCUT2D eigenvalue weighted by Gasteiger charge is -2.23. The van der Waals surface area contributed by atoms with Crippen LogP contribution in [0.3, 0.4) is 0 Å². The molecule has 36 heavy (non-hydrogen) atoms. The Morgan fingerprint density at radius 3 is 2.89 bits per heavy atom. The molecule has 0 aliphatic carbocycles. The fraction of sp³-hybridized carbons (Fsp3) is 0.375. The van der Waals surface area contributed by atoms with Gasteiger partial charge in [0.2, 0.25) is 11.8 Å². The molecule has 1 fully saturated rings. The van der Waals surface area contributed by atoms with E-state index in [-0.39, 0.29) is 6.04 Å². The van der Waals surface area contributed by atoms with Crippen LogP contribution >= 0.6 is 0 Å². The van der Waals surface area contributed by atoms with Gasteiger partial charge in [-0.05, 0) is 33.1 Å². The minimum Gasteiger partial charge on any atom is -0.477 e. The lowest BCUT2D eigenvalue weighted by molar-refractivity contribution is 0.300. The highest BCUT2D eigenvalue weighted by atomic mass is 16.5. The number of nitrogens with one attached hydrogen (secondary N) is 2. The molecular weight excluding hydrogens is 460 g/mol. The minimum absolute atomic E-state index is 0.0856. The van der Waals surface area contributed by atoms with Crippen molar-refractivity contribution >= 4 is 17.6 Å². The summed E-state index contributed by atoms with van der Waals surface area (Å²) >= 11 is 0. The van der Waals surface area contributed by atoms with E-state index < -0.39 is 0 Å². The Bertz CT molecular complexity index is 1380. The molecule has 12 nitrogen and oxygen atoms in total. The fourth-order valence-corrected chi connectivity index (χ4v) is 4.14. The zero-order valence-corrected chi connectivity index (χ0v) is 20.1. The number of nitrogens with zero attached hydrogens (tertiary/aromatic N) is 8. The first kappa shape index (κ1) is 23.2. The number of aromatic nitrogens is 7. The van der Waals surface area contributed by atoms with E-state index in [1.807, 2.05) is 26.0 Å². The molecule has 0 radical (unpaired) electrons. The van der Waals surface area contributed by atoms with Gasteiger partial charge < -0.3 is 19.5 Å². The number of unbranched alkanes of at least 4 members (excludes halogenated alkanes) is 1. The third-order valence-corrected chi connectivity index (χ3v) is 5.83. The molecule has 0 unspecified atom stereocenters. The van der Waals surface area contributed by atoms with E-state index in [9.17, 15) is 0 Å². The third kappa shape index (κ3) is 5.10. The van der Waals surface area contributed by atoms with Gasteiger partial charge >= 0.3 is 0 Å². The summed E-state index contributed by atoms with van der Waals surface area (Å²) in [5.74, 6) is 2.85. The van der Waals surface area contributed by atoms with E-state index in [1.54, 1.807) is 18.5 Å². The topological polar surface area (TPSA) is 155 Å². The zero-order valence-electron chi connectivity index (χ0n) is 20.1. The van der Waals surface area contributed by atoms with Crippen molar-refractivity contribution in [3.05, 3.63) is 47.7 Å². The van der Waals surface area contributed by atoms with Crippen molar-refractivity contribution in [1.29, 1.82) is 5.26 Å². The van der Waals surface area contributed by atoms with Crippen LogP contribution in [0.1, 0.15) is 48.9 Å². The normalized spacial score (nSPS) is 15.1. The van der Waals surface area contributed by atoms with Crippen molar-refractivity contribution in [1.82, 2.24) is 35.3 Å². The summed E-state index contributed by atoms with van der Waals surface area (Å²) in [7, 11) is 0. The van der Waals surface area contributed by atoms with Crippen molar-refractivity contribution in [2.24, 2.45) is 0 Å². The van der Waals surface area contributed by atoms with E-state index in [1.165, 1.54) is 0 Å². The van der Waals surface area contributed by atoms with Gasteiger partial charge in [-0.3, -0.25) is 15.1 Å². The highest BCUT2D eigenvalue weighted by molar-refractivity contribution is 5.58. The van der Waals surface area contributed by atoms with Crippen LogP contribution in [0.2, 0.25) is 0 Å². The number of aryl methyl sites for hydroxylation is 2. The van der Waals surface area contributed by atoms with Gasteiger partial charge in [0.1, 0.15) is 17.2 Å². The molecule has 184 valence electrons. The summed E-state index contributed by atoms with van der Waals surface area (Å²) in [5.41, 5.74) is 3.06. The van der Waals surface area contributed by atoms with Gasteiger partial charge in [-0.1, -0.05) is 5.16 Å². The second-order valence-electron chi connectivity index (χ2n) is 8.52. The summed E-state index contributed by atoms with van der Waals surface area (Å²) in [5, 5.41) is 23.4. The second-order valence-corrected chi connectivity index (χ2v) is 8.52. The van der Waals surface area contributed by atoms with Gasteiger partial charge in [-0.15, -0.1) is 0 Å². The molecule has 2 N–H and O–H groups in total. The quantitative estimate of drug-likeness (QED) is 0.329. The van der Waals surface area contributed by atoms with Crippen molar-refractivity contribution in [2.75, 3.05) is 23.4 Å². The van der Waals surface area contributed by atoms with Crippen LogP contribution in [0.5, 0.6) is 5.88 Å². The first-order chi connectivity index (χ1) is 17.6. The van der Waals surface area contributed by atoms with Crippen molar-refractivity contribution in [3.63, 3.8) is 0 Å². The second kappa shape index (κ2) is 10.4. The molecule has 0 saturated carbocycles. The van der Waals surface area contributed by atoms with Crippen molar-refractivity contribution in [2.45, 2.75) is 45.6 Å². The predicted octanol–water partition coefficient (Wildman–Crippen LogP) is 4.03. The number of hydrogen-bond acceptors (Lipinski definition) is 11. The van der Waals surface area contributed by atoms with Crippen LogP contribution < -0.4 is 15.0 Å². The molecule has 1 atom stereocenters. The van der Waals surface area contributed by atoms with Gasteiger partial charge in [0, 0.05) is 49.3 Å². The monoisotopic (exact) mass is 486 g/mol. The van der Waals surface area contributed by atoms with E-state index >= 15 is 0 Å². The smallest absolute Gasteiger partial charge is 0.231 e. The third-order valence-electron chi connectivity index (χ3n) is 5.83. The molecule has 1 aliphatic heterocycles. The first-order valence-corrected chi connectivity index (χ1v) is 11.8. The molecule has 5 heterocycles. The Hall–Kier alpha value is -4.53. The number of aromatic amines is 1. The van der Waals surface area contributed by atoms with Gasteiger partial charge in [0.15, 0.2) is 11.6 Å². The maximum Gasteiger partial charge on any atom is 0.231 e. The van der Waals surface area contributed by atoms with Crippen LogP contribution in [-0.2, 0) is 0 Å². The molecule has 0 amide bonds. The molecule has 0 spiro atoms. The van der Waals surface area contributed by atoms with Crippen LogP contribution in [0.25, 0.3) is 11.4 Å². The number of H-pyrrole nitrogens is 1. The number of nitriles is 1. The highest BCUT2D eigenvalue weighted by Crippen LogP contribution is 2.37. The molecule has 5 rings (SSSR count). The zero-order chi connectivity index (χ0) is 24.9.